The molecule has 0 aromatic heterocycles. The summed E-state index contributed by atoms with van der Waals surface area (Å²) >= 11 is 0. The molecule has 2 atom stereocenters. The second-order valence-electron chi connectivity index (χ2n) is 4.81. The third-order valence-corrected chi connectivity index (χ3v) is 3.06. The summed E-state index contributed by atoms with van der Waals surface area (Å²) in [7, 11) is 0. The lowest BCUT2D eigenvalue weighted by Crippen LogP contribution is -2.29. The molecule has 17 heavy (non-hydrogen) atoms. The van der Waals surface area contributed by atoms with Gasteiger partial charge in [-0.3, -0.25) is 9.59 Å². The molecule has 0 aromatic carbocycles. The van der Waals surface area contributed by atoms with E-state index in [1.807, 2.05) is 13.0 Å². The summed E-state index contributed by atoms with van der Waals surface area (Å²) in [5.41, 5.74) is -0.531. The summed E-state index contributed by atoms with van der Waals surface area (Å²) < 4.78 is 10.0. The number of carbonyl (C=O) groups is 2. The molecule has 0 saturated carbocycles. The Kier molecular flexibility index (Phi) is 4.11. The normalized spacial score (nSPS) is 24.0. The van der Waals surface area contributed by atoms with Gasteiger partial charge in [0.05, 0.1) is 11.5 Å². The zero-order valence-corrected chi connectivity index (χ0v) is 10.4. The molecule has 0 bridgehead atoms. The molecule has 1 fully saturated rings. The van der Waals surface area contributed by atoms with Crippen molar-refractivity contribution in [3.8, 4) is 6.07 Å². The molecule has 0 aromatic rings. The van der Waals surface area contributed by atoms with E-state index < -0.39 is 23.4 Å². The van der Waals surface area contributed by atoms with Crippen LogP contribution in [0.3, 0.4) is 0 Å². The van der Waals surface area contributed by atoms with Gasteiger partial charge in [0.2, 0.25) is 0 Å². The molecule has 0 radical (unpaired) electrons. The van der Waals surface area contributed by atoms with Gasteiger partial charge < -0.3 is 9.47 Å². The SMILES string of the molecule is CCC(C)(C)C(=O)OCC1CC(C#N)C(=O)O1. The highest BCUT2D eigenvalue weighted by molar-refractivity contribution is 5.78. The van der Waals surface area contributed by atoms with Gasteiger partial charge in [0, 0.05) is 6.42 Å². The first-order valence-electron chi connectivity index (χ1n) is 5.68. The third kappa shape index (κ3) is 3.19. The highest BCUT2D eigenvalue weighted by atomic mass is 16.6. The number of ether oxygens (including phenoxy) is 2. The molecule has 1 rings (SSSR count). The van der Waals surface area contributed by atoms with Crippen LogP contribution in [-0.4, -0.2) is 24.6 Å². The first-order valence-corrected chi connectivity index (χ1v) is 5.68. The van der Waals surface area contributed by atoms with Crippen LogP contribution in [0.5, 0.6) is 0 Å². The Bertz CT molecular complexity index is 356. The molecule has 1 aliphatic heterocycles. The predicted octanol–water partition coefficient (Wildman–Crippen LogP) is 1.42. The van der Waals surface area contributed by atoms with Crippen molar-refractivity contribution in [1.29, 1.82) is 5.26 Å². The number of rotatable bonds is 4. The fraction of sp³-hybridized carbons (Fsp3) is 0.750. The molecular formula is C12H17NO4. The van der Waals surface area contributed by atoms with Gasteiger partial charge >= 0.3 is 11.9 Å². The van der Waals surface area contributed by atoms with Crippen LogP contribution in [0.1, 0.15) is 33.6 Å². The van der Waals surface area contributed by atoms with Crippen LogP contribution in [0.25, 0.3) is 0 Å². The van der Waals surface area contributed by atoms with E-state index in [1.54, 1.807) is 13.8 Å². The Morgan fingerprint density at radius 1 is 1.65 bits per heavy atom. The zero-order valence-electron chi connectivity index (χ0n) is 10.4. The second-order valence-corrected chi connectivity index (χ2v) is 4.81. The van der Waals surface area contributed by atoms with Crippen molar-refractivity contribution in [2.45, 2.75) is 39.7 Å². The molecule has 5 heteroatoms. The van der Waals surface area contributed by atoms with Crippen molar-refractivity contribution in [1.82, 2.24) is 0 Å². The first kappa shape index (κ1) is 13.5. The predicted molar refractivity (Wildman–Crippen MR) is 58.6 cm³/mol. The Morgan fingerprint density at radius 2 is 2.29 bits per heavy atom. The van der Waals surface area contributed by atoms with Crippen LogP contribution in [0.15, 0.2) is 0 Å². The lowest BCUT2D eigenvalue weighted by molar-refractivity contribution is -0.160. The number of carbonyl (C=O) groups excluding carboxylic acids is 2. The Hall–Kier alpha value is -1.57. The highest BCUT2D eigenvalue weighted by Crippen LogP contribution is 2.24. The van der Waals surface area contributed by atoms with Crippen LogP contribution < -0.4 is 0 Å². The fourth-order valence-electron chi connectivity index (χ4n) is 1.37. The Labute approximate surface area is 101 Å². The largest absolute Gasteiger partial charge is 0.461 e. The highest BCUT2D eigenvalue weighted by Gasteiger charge is 2.36. The number of esters is 2. The number of nitrogens with zero attached hydrogens (tertiary/aromatic N) is 1. The lowest BCUT2D eigenvalue weighted by Gasteiger charge is -2.21. The van der Waals surface area contributed by atoms with Crippen molar-refractivity contribution in [3.05, 3.63) is 0 Å². The van der Waals surface area contributed by atoms with Crippen molar-refractivity contribution >= 4 is 11.9 Å². The van der Waals surface area contributed by atoms with E-state index in [-0.39, 0.29) is 12.6 Å². The molecule has 2 unspecified atom stereocenters. The number of nitriles is 1. The van der Waals surface area contributed by atoms with Gasteiger partial charge in [0.15, 0.2) is 0 Å². The van der Waals surface area contributed by atoms with Gasteiger partial charge in [-0.05, 0) is 20.3 Å². The second kappa shape index (κ2) is 5.17. The number of hydrogen-bond donors (Lipinski definition) is 0. The Balaban J connectivity index is 2.41. The molecule has 94 valence electrons. The van der Waals surface area contributed by atoms with E-state index in [9.17, 15) is 9.59 Å². The maximum absolute atomic E-state index is 11.7. The monoisotopic (exact) mass is 239 g/mol. The standard InChI is InChI=1S/C12H17NO4/c1-4-12(2,3)11(15)16-7-9-5-8(6-13)10(14)17-9/h8-9H,4-5,7H2,1-3H3. The van der Waals surface area contributed by atoms with Gasteiger partial charge in [-0.15, -0.1) is 0 Å². The first-order chi connectivity index (χ1) is 7.90. The molecule has 1 heterocycles. The van der Waals surface area contributed by atoms with Crippen LogP contribution in [0.4, 0.5) is 0 Å². The lowest BCUT2D eigenvalue weighted by atomic mass is 9.91. The minimum Gasteiger partial charge on any atom is -0.461 e. The molecule has 0 N–H and O–H groups in total. The summed E-state index contributed by atoms with van der Waals surface area (Å²) in [6, 6.07) is 1.86. The van der Waals surface area contributed by atoms with E-state index in [2.05, 4.69) is 0 Å². The van der Waals surface area contributed by atoms with Gasteiger partial charge in [0.25, 0.3) is 0 Å². The molecule has 0 amide bonds. The molecule has 0 aliphatic carbocycles. The fourth-order valence-corrected chi connectivity index (χ4v) is 1.37. The van der Waals surface area contributed by atoms with E-state index in [4.69, 9.17) is 14.7 Å². The van der Waals surface area contributed by atoms with Crippen LogP contribution in [0, 0.1) is 22.7 Å². The molecular weight excluding hydrogens is 222 g/mol. The maximum Gasteiger partial charge on any atom is 0.323 e. The van der Waals surface area contributed by atoms with Crippen molar-refractivity contribution in [3.63, 3.8) is 0 Å². The van der Waals surface area contributed by atoms with Gasteiger partial charge in [0.1, 0.15) is 18.6 Å². The quantitative estimate of drug-likeness (QED) is 0.693. The molecule has 0 spiro atoms. The number of cyclic esters (lactones) is 1. The third-order valence-electron chi connectivity index (χ3n) is 3.06. The van der Waals surface area contributed by atoms with Crippen molar-refractivity contribution < 1.29 is 19.1 Å². The molecule has 1 saturated heterocycles. The number of hydrogen-bond acceptors (Lipinski definition) is 5. The smallest absolute Gasteiger partial charge is 0.323 e. The summed E-state index contributed by atoms with van der Waals surface area (Å²) in [4.78, 5) is 22.8. The van der Waals surface area contributed by atoms with Crippen LogP contribution >= 0.6 is 0 Å². The van der Waals surface area contributed by atoms with E-state index in [1.165, 1.54) is 0 Å². The summed E-state index contributed by atoms with van der Waals surface area (Å²) in [6.45, 7) is 5.54. The van der Waals surface area contributed by atoms with Crippen LogP contribution in [-0.2, 0) is 19.1 Å². The summed E-state index contributed by atoms with van der Waals surface area (Å²) in [5.74, 6) is -1.56. The van der Waals surface area contributed by atoms with E-state index in [0.29, 0.717) is 12.8 Å². The van der Waals surface area contributed by atoms with E-state index >= 15 is 0 Å². The van der Waals surface area contributed by atoms with Gasteiger partial charge in [-0.25, -0.2) is 0 Å². The molecule has 1 aliphatic rings. The minimum absolute atomic E-state index is 0.0339. The average molecular weight is 239 g/mol. The molecule has 5 nitrogen and oxygen atoms in total. The maximum atomic E-state index is 11.7. The van der Waals surface area contributed by atoms with Crippen LogP contribution in [0.2, 0.25) is 0 Å². The minimum atomic E-state index is -0.724. The topological polar surface area (TPSA) is 76.4 Å². The average Bonchev–Trinajstić information content (AvgIpc) is 2.66. The van der Waals surface area contributed by atoms with E-state index in [0.717, 1.165) is 0 Å². The zero-order chi connectivity index (χ0) is 13.1. The Morgan fingerprint density at radius 3 is 2.76 bits per heavy atom. The van der Waals surface area contributed by atoms with Crippen molar-refractivity contribution in [2.75, 3.05) is 6.61 Å². The van der Waals surface area contributed by atoms with Crippen molar-refractivity contribution in [2.24, 2.45) is 11.3 Å². The summed E-state index contributed by atoms with van der Waals surface area (Å²) in [6.07, 6.45) is 0.496. The van der Waals surface area contributed by atoms with Gasteiger partial charge in [-0.1, -0.05) is 6.92 Å². The summed E-state index contributed by atoms with van der Waals surface area (Å²) in [5, 5.41) is 8.64. The van der Waals surface area contributed by atoms with Gasteiger partial charge in [-0.2, -0.15) is 5.26 Å².